The van der Waals surface area contributed by atoms with Crippen molar-refractivity contribution in [2.75, 3.05) is 13.1 Å². The van der Waals surface area contributed by atoms with Crippen LogP contribution in [0, 0.1) is 0 Å². The quantitative estimate of drug-likeness (QED) is 0.728. The summed E-state index contributed by atoms with van der Waals surface area (Å²) < 4.78 is 0. The first-order chi connectivity index (χ1) is 8.31. The Labute approximate surface area is 112 Å². The van der Waals surface area contributed by atoms with Gasteiger partial charge in [0.2, 0.25) is 0 Å². The van der Waals surface area contributed by atoms with E-state index in [1.807, 2.05) is 0 Å². The number of hydrogen-bond acceptors (Lipinski definition) is 2. The zero-order valence-electron chi connectivity index (χ0n) is 12.3. The van der Waals surface area contributed by atoms with E-state index >= 15 is 0 Å². The molecule has 0 radical (unpaired) electrons. The second kappa shape index (κ2) is 6.35. The Balaban J connectivity index is 2.30. The zero-order chi connectivity index (χ0) is 13.6. The first-order valence-corrected chi connectivity index (χ1v) is 6.86. The van der Waals surface area contributed by atoms with Crippen LogP contribution < -0.4 is 11.1 Å². The maximum atomic E-state index is 5.97. The van der Waals surface area contributed by atoms with E-state index in [4.69, 9.17) is 5.73 Å². The monoisotopic (exact) mass is 248 g/mol. The van der Waals surface area contributed by atoms with E-state index in [9.17, 15) is 0 Å². The molecule has 0 aliphatic rings. The number of nitrogens with two attached hydrogens (primary N) is 1. The Morgan fingerprint density at radius 1 is 1.06 bits per heavy atom. The number of benzene rings is 1. The molecule has 18 heavy (non-hydrogen) atoms. The van der Waals surface area contributed by atoms with Crippen LogP contribution in [0.3, 0.4) is 0 Å². The molecule has 0 heterocycles. The molecule has 0 saturated heterocycles. The molecule has 1 rings (SSSR count). The molecule has 0 atom stereocenters. The lowest BCUT2D eigenvalue weighted by atomic mass is 9.84. The molecule has 3 N–H and O–H groups in total. The average Bonchev–Trinajstić information content (AvgIpc) is 2.28. The van der Waals surface area contributed by atoms with Crippen molar-refractivity contribution in [2.45, 2.75) is 51.5 Å². The lowest BCUT2D eigenvalue weighted by Gasteiger charge is -2.26. The van der Waals surface area contributed by atoms with Crippen molar-refractivity contribution in [3.05, 3.63) is 35.9 Å². The Morgan fingerprint density at radius 2 is 1.67 bits per heavy atom. The summed E-state index contributed by atoms with van der Waals surface area (Å²) in [5, 5.41) is 3.54. The van der Waals surface area contributed by atoms with Gasteiger partial charge in [-0.2, -0.15) is 0 Å². The molecule has 102 valence electrons. The van der Waals surface area contributed by atoms with Gasteiger partial charge in [0.1, 0.15) is 0 Å². The van der Waals surface area contributed by atoms with E-state index in [0.29, 0.717) is 0 Å². The van der Waals surface area contributed by atoms with Gasteiger partial charge in [0, 0.05) is 17.5 Å². The van der Waals surface area contributed by atoms with Gasteiger partial charge in [-0.05, 0) is 38.8 Å². The molecular formula is C16H28N2. The van der Waals surface area contributed by atoms with Gasteiger partial charge in [0.05, 0.1) is 0 Å². The average molecular weight is 248 g/mol. The van der Waals surface area contributed by atoms with Crippen molar-refractivity contribution in [3.63, 3.8) is 0 Å². The summed E-state index contributed by atoms with van der Waals surface area (Å²) in [5.74, 6) is 0. The van der Waals surface area contributed by atoms with Crippen LogP contribution in [-0.2, 0) is 5.41 Å². The molecule has 0 aliphatic heterocycles. The molecule has 2 nitrogen and oxygen atoms in total. The van der Waals surface area contributed by atoms with E-state index < -0.39 is 0 Å². The second-order valence-electron chi connectivity index (χ2n) is 6.52. The first kappa shape index (κ1) is 15.2. The number of nitrogens with one attached hydrogen (secondary N) is 1. The minimum atomic E-state index is -0.0450. The third kappa shape index (κ3) is 5.65. The van der Waals surface area contributed by atoms with Crippen molar-refractivity contribution in [1.29, 1.82) is 0 Å². The van der Waals surface area contributed by atoms with Gasteiger partial charge >= 0.3 is 0 Å². The summed E-state index contributed by atoms with van der Waals surface area (Å²) in [6.45, 7) is 10.8. The molecule has 0 spiro atoms. The third-order valence-corrected chi connectivity index (χ3v) is 3.30. The van der Waals surface area contributed by atoms with Gasteiger partial charge in [0.15, 0.2) is 0 Å². The van der Waals surface area contributed by atoms with Crippen LogP contribution in [-0.4, -0.2) is 18.6 Å². The SMILES string of the molecule is CC(C)(N)CCCNCC(C)(C)c1ccccc1. The fraction of sp³-hybridized carbons (Fsp3) is 0.625. The number of rotatable bonds is 7. The summed E-state index contributed by atoms with van der Waals surface area (Å²) in [7, 11) is 0. The van der Waals surface area contributed by atoms with Crippen LogP contribution in [0.15, 0.2) is 30.3 Å². The van der Waals surface area contributed by atoms with E-state index in [1.54, 1.807) is 0 Å². The Bertz CT molecular complexity index is 336. The van der Waals surface area contributed by atoms with Crippen molar-refractivity contribution < 1.29 is 0 Å². The van der Waals surface area contributed by atoms with Crippen molar-refractivity contribution in [2.24, 2.45) is 5.73 Å². The van der Waals surface area contributed by atoms with Crippen LogP contribution in [0.5, 0.6) is 0 Å². The summed E-state index contributed by atoms with van der Waals surface area (Å²) in [6.07, 6.45) is 2.19. The van der Waals surface area contributed by atoms with Crippen LogP contribution in [0.4, 0.5) is 0 Å². The van der Waals surface area contributed by atoms with Gasteiger partial charge in [-0.25, -0.2) is 0 Å². The largest absolute Gasteiger partial charge is 0.326 e. The molecule has 2 heteroatoms. The molecule has 1 aromatic rings. The molecule has 0 aromatic heterocycles. The van der Waals surface area contributed by atoms with Gasteiger partial charge in [-0.1, -0.05) is 44.2 Å². The van der Waals surface area contributed by atoms with E-state index in [1.165, 1.54) is 5.56 Å². The third-order valence-electron chi connectivity index (χ3n) is 3.30. The first-order valence-electron chi connectivity index (χ1n) is 6.86. The van der Waals surface area contributed by atoms with Crippen LogP contribution in [0.25, 0.3) is 0 Å². The number of hydrogen-bond donors (Lipinski definition) is 2. The second-order valence-corrected chi connectivity index (χ2v) is 6.52. The van der Waals surface area contributed by atoms with Crippen molar-refractivity contribution in [1.82, 2.24) is 5.32 Å². The molecule has 0 amide bonds. The topological polar surface area (TPSA) is 38.0 Å². The molecule has 0 unspecified atom stereocenters. The Morgan fingerprint density at radius 3 is 2.22 bits per heavy atom. The minimum absolute atomic E-state index is 0.0450. The Hall–Kier alpha value is -0.860. The normalized spacial score (nSPS) is 12.7. The maximum absolute atomic E-state index is 5.97. The molecule has 0 aliphatic carbocycles. The highest BCUT2D eigenvalue weighted by Crippen LogP contribution is 2.21. The van der Waals surface area contributed by atoms with Gasteiger partial charge in [-0.3, -0.25) is 0 Å². The highest BCUT2D eigenvalue weighted by atomic mass is 14.9. The predicted octanol–water partition coefficient (Wildman–Crippen LogP) is 3.07. The molecule has 0 bridgehead atoms. The molecule has 0 saturated carbocycles. The summed E-state index contributed by atoms with van der Waals surface area (Å²) in [6, 6.07) is 10.7. The lowest BCUT2D eigenvalue weighted by molar-refractivity contribution is 0.424. The smallest absolute Gasteiger partial charge is 0.00975 e. The fourth-order valence-corrected chi connectivity index (χ4v) is 2.06. The van der Waals surface area contributed by atoms with Crippen molar-refractivity contribution in [3.8, 4) is 0 Å². The lowest BCUT2D eigenvalue weighted by Crippen LogP contribution is -2.36. The summed E-state index contributed by atoms with van der Waals surface area (Å²) in [5.41, 5.74) is 7.49. The van der Waals surface area contributed by atoms with Gasteiger partial charge in [-0.15, -0.1) is 0 Å². The van der Waals surface area contributed by atoms with Crippen molar-refractivity contribution >= 4 is 0 Å². The summed E-state index contributed by atoms with van der Waals surface area (Å²) >= 11 is 0. The van der Waals surface area contributed by atoms with E-state index in [2.05, 4.69) is 63.3 Å². The van der Waals surface area contributed by atoms with E-state index in [0.717, 1.165) is 25.9 Å². The van der Waals surface area contributed by atoms with Gasteiger partial charge in [0.25, 0.3) is 0 Å². The van der Waals surface area contributed by atoms with Crippen LogP contribution >= 0.6 is 0 Å². The summed E-state index contributed by atoms with van der Waals surface area (Å²) in [4.78, 5) is 0. The van der Waals surface area contributed by atoms with E-state index in [-0.39, 0.29) is 11.0 Å². The van der Waals surface area contributed by atoms with Crippen LogP contribution in [0.1, 0.15) is 46.1 Å². The minimum Gasteiger partial charge on any atom is -0.326 e. The maximum Gasteiger partial charge on any atom is 0.00975 e. The fourth-order valence-electron chi connectivity index (χ4n) is 2.06. The molecule has 1 aromatic carbocycles. The molecule has 0 fully saturated rings. The zero-order valence-corrected chi connectivity index (χ0v) is 12.3. The Kier molecular flexibility index (Phi) is 5.36. The highest BCUT2D eigenvalue weighted by molar-refractivity contribution is 5.23. The van der Waals surface area contributed by atoms with Gasteiger partial charge < -0.3 is 11.1 Å². The standard InChI is InChI=1S/C16H28N2/c1-15(2,14-9-6-5-7-10-14)13-18-12-8-11-16(3,4)17/h5-7,9-10,18H,8,11-13,17H2,1-4H3. The highest BCUT2D eigenvalue weighted by Gasteiger charge is 2.19. The van der Waals surface area contributed by atoms with Crippen LogP contribution in [0.2, 0.25) is 0 Å². The predicted molar refractivity (Wildman–Crippen MR) is 79.8 cm³/mol. The molecular weight excluding hydrogens is 220 g/mol.